The Hall–Kier alpha value is -2.42. The van der Waals surface area contributed by atoms with E-state index in [2.05, 4.69) is 0 Å². The van der Waals surface area contributed by atoms with Gasteiger partial charge >= 0.3 is 11.9 Å². The van der Waals surface area contributed by atoms with Crippen LogP contribution in [0.4, 0.5) is 5.88 Å². The van der Waals surface area contributed by atoms with Crippen molar-refractivity contribution >= 4 is 17.8 Å². The minimum atomic E-state index is -1.20. The van der Waals surface area contributed by atoms with Crippen molar-refractivity contribution in [2.45, 2.75) is 0 Å². The van der Waals surface area contributed by atoms with E-state index >= 15 is 0 Å². The lowest BCUT2D eigenvalue weighted by atomic mass is 10.3. The van der Waals surface area contributed by atoms with E-state index in [1.807, 2.05) is 0 Å². The van der Waals surface area contributed by atoms with Crippen LogP contribution in [0, 0.1) is 10.1 Å². The number of carboxylic acid groups (broad SMARTS) is 1. The maximum absolute atomic E-state index is 11.9. The molecular formula is C10H12N2O7. The maximum atomic E-state index is 11.9. The molecule has 0 saturated carbocycles. The highest BCUT2D eigenvalue weighted by molar-refractivity contribution is 5.93. The largest absolute Gasteiger partial charge is 0.480 e. The number of carbonyl (C=O) groups is 2. The lowest BCUT2D eigenvalue weighted by Gasteiger charge is -2.18. The highest BCUT2D eigenvalue weighted by atomic mass is 16.6. The number of nitro groups is 1. The first kappa shape index (κ1) is 14.6. The Labute approximate surface area is 107 Å². The van der Waals surface area contributed by atoms with Gasteiger partial charge in [-0.3, -0.25) is 19.7 Å². The molecule has 19 heavy (non-hydrogen) atoms. The lowest BCUT2D eigenvalue weighted by Crippen LogP contribution is -2.37. The number of rotatable bonds is 7. The van der Waals surface area contributed by atoms with Gasteiger partial charge in [0.25, 0.3) is 5.91 Å². The number of hydrogen-bond acceptors (Lipinski definition) is 6. The van der Waals surface area contributed by atoms with Crippen molar-refractivity contribution in [1.82, 2.24) is 4.90 Å². The Bertz CT molecular complexity index is 482. The minimum absolute atomic E-state index is 0.0378. The van der Waals surface area contributed by atoms with Crippen LogP contribution in [-0.2, 0) is 9.53 Å². The second-order valence-electron chi connectivity index (χ2n) is 3.51. The van der Waals surface area contributed by atoms with Crippen LogP contribution in [0.2, 0.25) is 0 Å². The van der Waals surface area contributed by atoms with E-state index in [0.29, 0.717) is 0 Å². The predicted octanol–water partition coefficient (Wildman–Crippen LogP) is 0.361. The van der Waals surface area contributed by atoms with Crippen molar-refractivity contribution in [2.75, 3.05) is 26.8 Å². The van der Waals surface area contributed by atoms with Crippen LogP contribution in [0.3, 0.4) is 0 Å². The number of amides is 1. The van der Waals surface area contributed by atoms with Gasteiger partial charge in [-0.05, 0) is 6.07 Å². The molecule has 0 aliphatic carbocycles. The molecule has 9 heteroatoms. The Kier molecular flexibility index (Phi) is 5.01. The molecule has 0 aliphatic heterocycles. The molecule has 1 heterocycles. The number of methoxy groups -OCH3 is 1. The average molecular weight is 272 g/mol. The van der Waals surface area contributed by atoms with Gasteiger partial charge in [-0.1, -0.05) is 0 Å². The van der Waals surface area contributed by atoms with Gasteiger partial charge in [-0.25, -0.2) is 0 Å². The fourth-order valence-corrected chi connectivity index (χ4v) is 1.31. The standard InChI is InChI=1S/C10H12N2O7/c1-18-5-4-11(6-9(13)14)10(15)7-2-3-8(19-7)12(16)17/h2-3H,4-6H2,1H3,(H,13,14). The fraction of sp³-hybridized carbons (Fsp3) is 0.400. The molecule has 1 aromatic rings. The zero-order valence-electron chi connectivity index (χ0n) is 10.1. The van der Waals surface area contributed by atoms with Crippen molar-refractivity contribution in [3.8, 4) is 0 Å². The summed E-state index contributed by atoms with van der Waals surface area (Å²) in [6, 6.07) is 2.16. The summed E-state index contributed by atoms with van der Waals surface area (Å²) in [7, 11) is 1.40. The molecule has 0 aromatic carbocycles. The Balaban J connectivity index is 2.84. The van der Waals surface area contributed by atoms with Crippen LogP contribution in [0.25, 0.3) is 0 Å². The number of hydrogen-bond donors (Lipinski definition) is 1. The van der Waals surface area contributed by atoms with Crippen LogP contribution >= 0.6 is 0 Å². The molecule has 0 unspecified atom stereocenters. The normalized spacial score (nSPS) is 10.2. The van der Waals surface area contributed by atoms with Crippen molar-refractivity contribution in [1.29, 1.82) is 0 Å². The highest BCUT2D eigenvalue weighted by Gasteiger charge is 2.23. The first-order valence-corrected chi connectivity index (χ1v) is 5.20. The summed E-state index contributed by atoms with van der Waals surface area (Å²) < 4.78 is 9.48. The Morgan fingerprint density at radius 2 is 2.21 bits per heavy atom. The summed E-state index contributed by atoms with van der Waals surface area (Å²) >= 11 is 0. The quantitative estimate of drug-likeness (QED) is 0.561. The van der Waals surface area contributed by atoms with Crippen molar-refractivity contribution in [3.05, 3.63) is 28.0 Å². The summed E-state index contributed by atoms with van der Waals surface area (Å²) in [4.78, 5) is 33.2. The third kappa shape index (κ3) is 4.07. The van der Waals surface area contributed by atoms with Crippen molar-refractivity contribution < 1.29 is 28.8 Å². The van der Waals surface area contributed by atoms with Gasteiger partial charge in [0.05, 0.1) is 12.7 Å². The second kappa shape index (κ2) is 6.50. The molecule has 0 saturated heterocycles. The number of nitrogens with zero attached hydrogens (tertiary/aromatic N) is 2. The van der Waals surface area contributed by atoms with Gasteiger partial charge in [-0.15, -0.1) is 0 Å². The molecule has 1 amide bonds. The van der Waals surface area contributed by atoms with E-state index in [-0.39, 0.29) is 18.9 Å². The summed E-state index contributed by atoms with van der Waals surface area (Å²) in [5.74, 6) is -2.81. The molecule has 1 aromatic heterocycles. The van der Waals surface area contributed by atoms with Crippen LogP contribution < -0.4 is 0 Å². The number of ether oxygens (including phenoxy) is 1. The fourth-order valence-electron chi connectivity index (χ4n) is 1.31. The van der Waals surface area contributed by atoms with E-state index < -0.39 is 29.2 Å². The molecule has 1 N–H and O–H groups in total. The van der Waals surface area contributed by atoms with E-state index in [4.69, 9.17) is 14.3 Å². The molecule has 0 aliphatic rings. The molecule has 0 bridgehead atoms. The van der Waals surface area contributed by atoms with Crippen molar-refractivity contribution in [3.63, 3.8) is 0 Å². The van der Waals surface area contributed by atoms with Gasteiger partial charge in [0.2, 0.25) is 0 Å². The van der Waals surface area contributed by atoms with E-state index in [0.717, 1.165) is 17.0 Å². The SMILES string of the molecule is COCCN(CC(=O)O)C(=O)c1ccc([N+](=O)[O-])o1. The summed E-state index contributed by atoms with van der Waals surface area (Å²) in [6.45, 7) is -0.366. The summed E-state index contributed by atoms with van der Waals surface area (Å²) in [5.41, 5.74) is 0. The molecule has 0 atom stereocenters. The third-order valence-corrected chi connectivity index (χ3v) is 2.16. The lowest BCUT2D eigenvalue weighted by molar-refractivity contribution is -0.402. The zero-order chi connectivity index (χ0) is 14.4. The minimum Gasteiger partial charge on any atom is -0.480 e. The third-order valence-electron chi connectivity index (χ3n) is 2.16. The molecule has 0 spiro atoms. The van der Waals surface area contributed by atoms with E-state index in [1.54, 1.807) is 0 Å². The molecule has 0 radical (unpaired) electrons. The maximum Gasteiger partial charge on any atom is 0.433 e. The molecule has 1 rings (SSSR count). The van der Waals surface area contributed by atoms with Gasteiger partial charge in [0, 0.05) is 13.7 Å². The second-order valence-corrected chi connectivity index (χ2v) is 3.51. The first-order chi connectivity index (χ1) is 8.95. The number of aliphatic carboxylic acids is 1. The van der Waals surface area contributed by atoms with Gasteiger partial charge in [0.15, 0.2) is 5.76 Å². The number of carbonyl (C=O) groups excluding carboxylic acids is 1. The molecule has 0 fully saturated rings. The average Bonchev–Trinajstić information content (AvgIpc) is 2.82. The van der Waals surface area contributed by atoms with Gasteiger partial charge < -0.3 is 19.2 Å². The van der Waals surface area contributed by atoms with Crippen LogP contribution in [-0.4, -0.2) is 53.6 Å². The Morgan fingerprint density at radius 1 is 1.53 bits per heavy atom. The summed E-state index contributed by atoms with van der Waals surface area (Å²) in [6.07, 6.45) is 0. The van der Waals surface area contributed by atoms with E-state index in [9.17, 15) is 19.7 Å². The molecule has 104 valence electrons. The van der Waals surface area contributed by atoms with E-state index in [1.165, 1.54) is 7.11 Å². The first-order valence-electron chi connectivity index (χ1n) is 5.20. The number of carboxylic acids is 1. The van der Waals surface area contributed by atoms with Crippen molar-refractivity contribution in [2.24, 2.45) is 0 Å². The Morgan fingerprint density at radius 3 is 2.68 bits per heavy atom. The molecular weight excluding hydrogens is 260 g/mol. The predicted molar refractivity (Wildman–Crippen MR) is 60.8 cm³/mol. The monoisotopic (exact) mass is 272 g/mol. The number of furan rings is 1. The molecule has 9 nitrogen and oxygen atoms in total. The topological polar surface area (TPSA) is 123 Å². The van der Waals surface area contributed by atoms with Crippen LogP contribution in [0.1, 0.15) is 10.6 Å². The summed E-state index contributed by atoms with van der Waals surface area (Å²) in [5, 5.41) is 19.1. The zero-order valence-corrected chi connectivity index (χ0v) is 10.1. The smallest absolute Gasteiger partial charge is 0.433 e. The van der Waals surface area contributed by atoms with Gasteiger partial charge in [-0.2, -0.15) is 0 Å². The van der Waals surface area contributed by atoms with Crippen LogP contribution in [0.5, 0.6) is 0 Å². The van der Waals surface area contributed by atoms with Crippen LogP contribution in [0.15, 0.2) is 16.5 Å². The van der Waals surface area contributed by atoms with Gasteiger partial charge in [0.1, 0.15) is 11.5 Å². The highest BCUT2D eigenvalue weighted by Crippen LogP contribution is 2.17.